The highest BCUT2D eigenvalue weighted by atomic mass is 16.7. The molecule has 2 aliphatic heterocycles. The Balaban J connectivity index is 1.96. The number of nitrogens with one attached hydrogen (secondary N) is 1. The third kappa shape index (κ3) is 1.95. The fourth-order valence-electron chi connectivity index (χ4n) is 2.38. The molecular formula is C13H12N2O6. The van der Waals surface area contributed by atoms with Crippen LogP contribution in [-0.4, -0.2) is 41.3 Å². The van der Waals surface area contributed by atoms with Gasteiger partial charge in [0, 0.05) is 0 Å². The maximum atomic E-state index is 12.4. The summed E-state index contributed by atoms with van der Waals surface area (Å²) in [5.74, 6) is -0.837. The number of carboxylic acid groups (broad SMARTS) is 1. The average molecular weight is 292 g/mol. The molecule has 1 saturated heterocycles. The number of benzene rings is 1. The molecule has 0 bridgehead atoms. The van der Waals surface area contributed by atoms with Crippen molar-refractivity contribution in [1.82, 2.24) is 10.2 Å². The van der Waals surface area contributed by atoms with Crippen LogP contribution < -0.4 is 14.8 Å². The maximum Gasteiger partial charge on any atom is 0.325 e. The van der Waals surface area contributed by atoms with Gasteiger partial charge in [-0.3, -0.25) is 14.5 Å². The highest BCUT2D eigenvalue weighted by molar-refractivity contribution is 6.08. The van der Waals surface area contributed by atoms with Crippen LogP contribution in [0.2, 0.25) is 0 Å². The predicted octanol–water partition coefficient (Wildman–Crippen LogP) is 0.267. The van der Waals surface area contributed by atoms with Crippen LogP contribution in [0.1, 0.15) is 12.5 Å². The van der Waals surface area contributed by atoms with Crippen molar-refractivity contribution in [3.05, 3.63) is 23.8 Å². The van der Waals surface area contributed by atoms with Crippen LogP contribution in [0, 0.1) is 0 Å². The topological polar surface area (TPSA) is 105 Å². The second kappa shape index (κ2) is 4.37. The lowest BCUT2D eigenvalue weighted by molar-refractivity contribution is -0.142. The molecule has 0 radical (unpaired) electrons. The van der Waals surface area contributed by atoms with E-state index in [1.54, 1.807) is 18.2 Å². The molecule has 1 atom stereocenters. The minimum Gasteiger partial charge on any atom is -0.480 e. The third-order valence-corrected chi connectivity index (χ3v) is 3.52. The van der Waals surface area contributed by atoms with Gasteiger partial charge in [0.15, 0.2) is 11.5 Å². The van der Waals surface area contributed by atoms with Crippen molar-refractivity contribution in [3.63, 3.8) is 0 Å². The number of carboxylic acids is 1. The van der Waals surface area contributed by atoms with Gasteiger partial charge >= 0.3 is 12.0 Å². The first-order valence-electron chi connectivity index (χ1n) is 6.18. The molecule has 0 aromatic heterocycles. The van der Waals surface area contributed by atoms with Crippen LogP contribution >= 0.6 is 0 Å². The standard InChI is InChI=1S/C13H12N2O6/c1-13(7-2-3-8-9(4-7)21-6-20-8)11(18)15(5-10(16)17)12(19)14-13/h2-4H,5-6H2,1H3,(H,14,19)(H,16,17)/t13-/m1/s1. The molecule has 0 aliphatic carbocycles. The Labute approximate surface area is 119 Å². The fraction of sp³-hybridized carbons (Fsp3) is 0.308. The number of ether oxygens (including phenoxy) is 2. The lowest BCUT2D eigenvalue weighted by Crippen LogP contribution is -2.41. The lowest BCUT2D eigenvalue weighted by atomic mass is 9.91. The number of rotatable bonds is 3. The van der Waals surface area contributed by atoms with Gasteiger partial charge in [0.2, 0.25) is 6.79 Å². The molecule has 1 fully saturated rings. The molecule has 1 aromatic rings. The number of carbonyl (C=O) groups is 3. The van der Waals surface area contributed by atoms with Gasteiger partial charge in [-0.1, -0.05) is 6.07 Å². The second-order valence-electron chi connectivity index (χ2n) is 4.91. The summed E-state index contributed by atoms with van der Waals surface area (Å²) in [7, 11) is 0. The van der Waals surface area contributed by atoms with Crippen LogP contribution in [0.4, 0.5) is 4.79 Å². The van der Waals surface area contributed by atoms with Crippen molar-refractivity contribution in [2.75, 3.05) is 13.3 Å². The van der Waals surface area contributed by atoms with E-state index >= 15 is 0 Å². The summed E-state index contributed by atoms with van der Waals surface area (Å²) in [5.41, 5.74) is -0.828. The first-order chi connectivity index (χ1) is 9.91. The largest absolute Gasteiger partial charge is 0.480 e. The highest BCUT2D eigenvalue weighted by Crippen LogP contribution is 2.37. The molecular weight excluding hydrogens is 280 g/mol. The number of fused-ring (bicyclic) bond motifs is 1. The average Bonchev–Trinajstić information content (AvgIpc) is 2.97. The van der Waals surface area contributed by atoms with Gasteiger partial charge < -0.3 is 19.9 Å². The van der Waals surface area contributed by atoms with Crippen molar-refractivity contribution in [2.45, 2.75) is 12.5 Å². The summed E-state index contributed by atoms with van der Waals surface area (Å²) in [5, 5.41) is 11.3. The van der Waals surface area contributed by atoms with Gasteiger partial charge in [-0.25, -0.2) is 4.79 Å². The van der Waals surface area contributed by atoms with Crippen molar-refractivity contribution in [1.29, 1.82) is 0 Å². The van der Waals surface area contributed by atoms with E-state index in [0.29, 0.717) is 22.0 Å². The number of urea groups is 1. The summed E-state index contributed by atoms with van der Waals surface area (Å²) in [6.45, 7) is 0.943. The van der Waals surface area contributed by atoms with Crippen LogP contribution in [0.25, 0.3) is 0 Å². The Morgan fingerprint density at radius 2 is 2.10 bits per heavy atom. The Kier molecular flexibility index (Phi) is 2.75. The molecule has 0 saturated carbocycles. The molecule has 2 aliphatic rings. The van der Waals surface area contributed by atoms with Gasteiger partial charge in [-0.2, -0.15) is 0 Å². The number of imide groups is 1. The van der Waals surface area contributed by atoms with Crippen molar-refractivity contribution in [2.24, 2.45) is 0 Å². The number of carbonyl (C=O) groups excluding carboxylic acids is 2. The van der Waals surface area contributed by atoms with Crippen molar-refractivity contribution >= 4 is 17.9 Å². The van der Waals surface area contributed by atoms with E-state index in [2.05, 4.69) is 5.32 Å². The Morgan fingerprint density at radius 3 is 2.81 bits per heavy atom. The number of amides is 3. The van der Waals surface area contributed by atoms with E-state index < -0.39 is 30.0 Å². The van der Waals surface area contributed by atoms with Crippen LogP contribution in [-0.2, 0) is 15.1 Å². The minimum absolute atomic E-state index is 0.0982. The molecule has 3 amide bonds. The summed E-state index contributed by atoms with van der Waals surface area (Å²) in [6.07, 6.45) is 0. The number of hydrogen-bond donors (Lipinski definition) is 2. The van der Waals surface area contributed by atoms with E-state index in [1.165, 1.54) is 6.92 Å². The number of hydrogen-bond acceptors (Lipinski definition) is 5. The van der Waals surface area contributed by atoms with Crippen LogP contribution in [0.5, 0.6) is 11.5 Å². The normalized spacial score (nSPS) is 23.4. The van der Waals surface area contributed by atoms with Gasteiger partial charge in [-0.15, -0.1) is 0 Å². The summed E-state index contributed by atoms with van der Waals surface area (Å²) in [6, 6.07) is 4.14. The zero-order chi connectivity index (χ0) is 15.2. The minimum atomic E-state index is -1.33. The van der Waals surface area contributed by atoms with E-state index in [4.69, 9.17) is 14.6 Å². The van der Waals surface area contributed by atoms with Gasteiger partial charge in [0.25, 0.3) is 5.91 Å². The zero-order valence-corrected chi connectivity index (χ0v) is 11.1. The van der Waals surface area contributed by atoms with Crippen LogP contribution in [0.15, 0.2) is 18.2 Å². The molecule has 0 unspecified atom stereocenters. The van der Waals surface area contributed by atoms with E-state index in [-0.39, 0.29) is 6.79 Å². The van der Waals surface area contributed by atoms with Crippen molar-refractivity contribution in [3.8, 4) is 11.5 Å². The quantitative estimate of drug-likeness (QED) is 0.775. The van der Waals surface area contributed by atoms with Gasteiger partial charge in [-0.05, 0) is 24.6 Å². The van der Waals surface area contributed by atoms with E-state index in [0.717, 1.165) is 0 Å². The first-order valence-corrected chi connectivity index (χ1v) is 6.18. The molecule has 2 heterocycles. The SMILES string of the molecule is C[C@]1(c2ccc3c(c2)OCO3)NC(=O)N(CC(=O)O)C1=O. The fourth-order valence-corrected chi connectivity index (χ4v) is 2.38. The van der Waals surface area contributed by atoms with Crippen molar-refractivity contribution < 1.29 is 29.0 Å². The summed E-state index contributed by atoms with van der Waals surface area (Å²) >= 11 is 0. The Morgan fingerprint density at radius 1 is 1.38 bits per heavy atom. The monoisotopic (exact) mass is 292 g/mol. The lowest BCUT2D eigenvalue weighted by Gasteiger charge is -2.22. The third-order valence-electron chi connectivity index (χ3n) is 3.52. The predicted molar refractivity (Wildman–Crippen MR) is 67.8 cm³/mol. The Bertz CT molecular complexity index is 658. The van der Waals surface area contributed by atoms with Gasteiger partial charge in [0.1, 0.15) is 12.1 Å². The second-order valence-corrected chi connectivity index (χ2v) is 4.91. The Hall–Kier alpha value is -2.77. The molecule has 110 valence electrons. The summed E-state index contributed by atoms with van der Waals surface area (Å²) in [4.78, 5) is 35.6. The first kappa shape index (κ1) is 13.2. The highest BCUT2D eigenvalue weighted by Gasteiger charge is 2.49. The smallest absolute Gasteiger partial charge is 0.325 e. The molecule has 8 nitrogen and oxygen atoms in total. The maximum absolute atomic E-state index is 12.4. The van der Waals surface area contributed by atoms with E-state index in [1.807, 2.05) is 0 Å². The molecule has 3 rings (SSSR count). The zero-order valence-electron chi connectivity index (χ0n) is 11.1. The molecule has 2 N–H and O–H groups in total. The summed E-state index contributed by atoms with van der Waals surface area (Å²) < 4.78 is 10.4. The molecule has 8 heteroatoms. The number of aliphatic carboxylic acids is 1. The van der Waals surface area contributed by atoms with E-state index in [9.17, 15) is 14.4 Å². The molecule has 0 spiro atoms. The van der Waals surface area contributed by atoms with Gasteiger partial charge in [0.05, 0.1) is 0 Å². The number of nitrogens with zero attached hydrogens (tertiary/aromatic N) is 1. The molecule has 1 aromatic carbocycles. The van der Waals surface area contributed by atoms with Crippen LogP contribution in [0.3, 0.4) is 0 Å². The molecule has 21 heavy (non-hydrogen) atoms.